The smallest absolute Gasteiger partial charge is 0.220 e. The van der Waals surface area contributed by atoms with Crippen LogP contribution in [0.2, 0.25) is 0 Å². The van der Waals surface area contributed by atoms with Gasteiger partial charge in [-0.3, -0.25) is 19.0 Å². The van der Waals surface area contributed by atoms with Crippen molar-refractivity contribution < 1.29 is 15.3 Å². The molecule has 2 aliphatic carbocycles. The lowest BCUT2D eigenvalue weighted by atomic mass is 10.0. The number of hydrogen-bond acceptors (Lipinski definition) is 8. The van der Waals surface area contributed by atoms with E-state index >= 15 is 0 Å². The Labute approximate surface area is 192 Å². The first-order valence-corrected chi connectivity index (χ1v) is 11.7. The minimum atomic E-state index is -0.575. The van der Waals surface area contributed by atoms with Crippen molar-refractivity contribution in [1.82, 2.24) is 4.57 Å². The van der Waals surface area contributed by atoms with Gasteiger partial charge in [0.25, 0.3) is 0 Å². The third-order valence-corrected chi connectivity index (χ3v) is 6.97. The number of aromatic nitrogens is 1. The minimum Gasteiger partial charge on any atom is -0.494 e. The van der Waals surface area contributed by atoms with Crippen LogP contribution in [-0.2, 0) is 6.54 Å². The van der Waals surface area contributed by atoms with Crippen LogP contribution in [-0.4, -0.2) is 37.6 Å². The molecule has 1 aromatic heterocycles. The lowest BCUT2D eigenvalue weighted by Gasteiger charge is -2.05. The molecule has 1 heterocycles. The quantitative estimate of drug-likeness (QED) is 0.261. The summed E-state index contributed by atoms with van der Waals surface area (Å²) in [6.45, 7) is -0.396. The minimum absolute atomic E-state index is 0.0587. The first-order chi connectivity index (χ1) is 15.4. The van der Waals surface area contributed by atoms with Crippen molar-refractivity contribution >= 4 is 44.2 Å². The summed E-state index contributed by atoms with van der Waals surface area (Å²) in [7, 11) is 0. The first-order valence-electron chi connectivity index (χ1n) is 9.58. The number of aliphatic hydroxyl groups is 1. The third kappa shape index (κ3) is 3.64. The third-order valence-electron chi connectivity index (χ3n) is 5.02. The van der Waals surface area contributed by atoms with Gasteiger partial charge in [-0.05, 0) is 0 Å². The van der Waals surface area contributed by atoms with E-state index in [9.17, 15) is 24.6 Å². The number of benzene rings is 1. The van der Waals surface area contributed by atoms with Crippen molar-refractivity contribution in [3.63, 3.8) is 0 Å². The molecule has 0 bridgehead atoms. The zero-order chi connectivity index (χ0) is 23.0. The number of rotatable bonds is 6. The van der Waals surface area contributed by atoms with Crippen molar-refractivity contribution in [2.45, 2.75) is 11.4 Å². The highest BCUT2D eigenvalue weighted by molar-refractivity contribution is 9.09. The van der Waals surface area contributed by atoms with Crippen LogP contribution in [0.4, 0.5) is 5.69 Å². The Hall–Kier alpha value is -2.95. The van der Waals surface area contributed by atoms with E-state index in [1.54, 1.807) is 12.1 Å². The molecule has 164 valence electrons. The molecular formula is C22H17BrN2O6S. The molecule has 10 heteroatoms. The molecule has 2 aromatic rings. The molecule has 0 atom stereocenters. The average molecular weight is 517 g/mol. The van der Waals surface area contributed by atoms with Crippen LogP contribution in [0.1, 0.15) is 0 Å². The number of alkyl halides is 1. The highest BCUT2D eigenvalue weighted by Crippen LogP contribution is 2.34. The summed E-state index contributed by atoms with van der Waals surface area (Å²) < 4.78 is 1.06. The van der Waals surface area contributed by atoms with Crippen LogP contribution in [0.3, 0.4) is 0 Å². The van der Waals surface area contributed by atoms with E-state index in [1.165, 1.54) is 36.0 Å². The summed E-state index contributed by atoms with van der Waals surface area (Å²) in [5.41, 5.74) is -1.70. The van der Waals surface area contributed by atoms with Crippen LogP contribution < -0.4 is 21.6 Å². The van der Waals surface area contributed by atoms with Crippen molar-refractivity contribution in [1.29, 1.82) is 0 Å². The Morgan fingerprint density at radius 3 is 2.28 bits per heavy atom. The Morgan fingerprint density at radius 1 is 1.00 bits per heavy atom. The van der Waals surface area contributed by atoms with Crippen molar-refractivity contribution in [3.05, 3.63) is 82.9 Å². The summed E-state index contributed by atoms with van der Waals surface area (Å²) in [5.74, 6) is -0.183. The lowest BCUT2D eigenvalue weighted by molar-refractivity contribution is 0.256. The number of thioether (sulfide) groups is 1. The standard InChI is InChI=1S/C22H17BrN2O6S/c23-5-8-32-15-10-14(27)17-18(21(30)12-4-2-1-3-11(12)20(17)29)19(15)24-13-9-16(28)25(6-7-26)22(13)31/h1-4,9-10,26,28,31H,5-8H2. The van der Waals surface area contributed by atoms with Gasteiger partial charge < -0.3 is 15.3 Å². The van der Waals surface area contributed by atoms with Crippen molar-refractivity contribution in [2.75, 3.05) is 17.7 Å². The zero-order valence-corrected chi connectivity index (χ0v) is 18.9. The van der Waals surface area contributed by atoms with Gasteiger partial charge in [-0.25, -0.2) is 4.99 Å². The fourth-order valence-corrected chi connectivity index (χ4v) is 4.88. The molecule has 0 spiro atoms. The van der Waals surface area contributed by atoms with Gasteiger partial charge in [0.1, 0.15) is 5.69 Å². The van der Waals surface area contributed by atoms with Gasteiger partial charge in [0, 0.05) is 38.9 Å². The number of aliphatic hydroxyl groups excluding tert-OH is 1. The average Bonchev–Trinajstić information content (AvgIpc) is 3.04. The molecule has 0 radical (unpaired) electrons. The van der Waals surface area contributed by atoms with Crippen molar-refractivity contribution in [3.8, 4) is 11.8 Å². The fraction of sp³-hybridized carbons (Fsp3) is 0.182. The van der Waals surface area contributed by atoms with Gasteiger partial charge in [-0.2, -0.15) is 0 Å². The molecule has 0 amide bonds. The second-order valence-electron chi connectivity index (χ2n) is 6.91. The van der Waals surface area contributed by atoms with Gasteiger partial charge in [0.05, 0.1) is 28.9 Å². The monoisotopic (exact) mass is 516 g/mol. The molecule has 0 unspecified atom stereocenters. The largest absolute Gasteiger partial charge is 0.494 e. The van der Waals surface area contributed by atoms with E-state index in [0.717, 1.165) is 4.57 Å². The summed E-state index contributed by atoms with van der Waals surface area (Å²) in [4.78, 5) is 44.1. The van der Waals surface area contributed by atoms with Gasteiger partial charge in [0.15, 0.2) is 22.2 Å². The second kappa shape index (κ2) is 8.89. The molecular weight excluding hydrogens is 500 g/mol. The zero-order valence-electron chi connectivity index (χ0n) is 16.5. The van der Waals surface area contributed by atoms with E-state index in [-0.39, 0.29) is 51.3 Å². The van der Waals surface area contributed by atoms with Crippen LogP contribution in [0, 0.1) is 10.4 Å². The predicted molar refractivity (Wildman–Crippen MR) is 125 cm³/mol. The Bertz CT molecular complexity index is 1620. The van der Waals surface area contributed by atoms with Crippen LogP contribution in [0.15, 0.2) is 60.7 Å². The van der Waals surface area contributed by atoms with Crippen LogP contribution in [0.25, 0.3) is 10.8 Å². The number of nitrogens with zero attached hydrogens (tertiary/aromatic N) is 2. The highest BCUT2D eigenvalue weighted by Gasteiger charge is 2.17. The molecule has 0 aliphatic heterocycles. The van der Waals surface area contributed by atoms with Gasteiger partial charge in [0.2, 0.25) is 5.88 Å². The Kier molecular flexibility index (Phi) is 6.18. The summed E-state index contributed by atoms with van der Waals surface area (Å²) >= 11 is 4.60. The van der Waals surface area contributed by atoms with E-state index in [2.05, 4.69) is 20.9 Å². The molecule has 2 aliphatic rings. The first kappa shape index (κ1) is 22.3. The maximum atomic E-state index is 13.4. The number of aromatic hydroxyl groups is 2. The Balaban J connectivity index is 2.24. The fourth-order valence-electron chi connectivity index (χ4n) is 3.62. The SMILES string of the molecule is O=c1cc(SCCBr)c(=Nc2cc(O)n(CCO)c2O)c2c(=O)c3ccccc3c(=O)c1=2. The number of halogens is 1. The highest BCUT2D eigenvalue weighted by atomic mass is 79.9. The van der Waals surface area contributed by atoms with Gasteiger partial charge in [-0.15, -0.1) is 11.8 Å². The normalized spacial score (nSPS) is 12.2. The molecule has 0 fully saturated rings. The van der Waals surface area contributed by atoms with Crippen LogP contribution in [0.5, 0.6) is 11.8 Å². The molecule has 0 saturated carbocycles. The lowest BCUT2D eigenvalue weighted by Crippen LogP contribution is -2.30. The summed E-state index contributed by atoms with van der Waals surface area (Å²) in [5, 5.41) is 30.4. The maximum Gasteiger partial charge on any atom is 0.220 e. The summed E-state index contributed by atoms with van der Waals surface area (Å²) in [6, 6.07) is 8.73. The Morgan fingerprint density at radius 2 is 1.66 bits per heavy atom. The van der Waals surface area contributed by atoms with Gasteiger partial charge in [-0.1, -0.05) is 40.2 Å². The number of hydrogen-bond donors (Lipinski definition) is 3. The van der Waals surface area contributed by atoms with E-state index < -0.39 is 22.2 Å². The second-order valence-corrected chi connectivity index (χ2v) is 8.84. The molecule has 4 rings (SSSR count). The van der Waals surface area contributed by atoms with Crippen LogP contribution >= 0.6 is 27.7 Å². The van der Waals surface area contributed by atoms with Gasteiger partial charge >= 0.3 is 0 Å². The van der Waals surface area contributed by atoms with E-state index in [1.807, 2.05) is 0 Å². The van der Waals surface area contributed by atoms with E-state index in [4.69, 9.17) is 5.11 Å². The molecule has 0 saturated heterocycles. The topological polar surface area (TPSA) is 129 Å². The molecule has 3 N–H and O–H groups in total. The maximum absolute atomic E-state index is 13.4. The molecule has 8 nitrogen and oxygen atoms in total. The number of fused-ring (bicyclic) bond motifs is 1. The molecule has 32 heavy (non-hydrogen) atoms. The predicted octanol–water partition coefficient (Wildman–Crippen LogP) is 1.45. The van der Waals surface area contributed by atoms with Crippen molar-refractivity contribution in [2.24, 2.45) is 4.99 Å². The molecule has 1 aromatic carbocycles. The van der Waals surface area contributed by atoms with E-state index in [0.29, 0.717) is 16.0 Å². The summed E-state index contributed by atoms with van der Waals surface area (Å²) in [6.07, 6.45) is 0.